The highest BCUT2D eigenvalue weighted by Gasteiger charge is 2.25. The lowest BCUT2D eigenvalue weighted by atomic mass is 10.1. The van der Waals surface area contributed by atoms with Crippen LogP contribution in [0.2, 0.25) is 0 Å². The maximum atomic E-state index is 9.54. The Morgan fingerprint density at radius 1 is 1.40 bits per heavy atom. The van der Waals surface area contributed by atoms with Gasteiger partial charge in [0.1, 0.15) is 0 Å². The molecule has 2 rings (SSSR count). The van der Waals surface area contributed by atoms with Gasteiger partial charge in [0, 0.05) is 28.8 Å². The van der Waals surface area contributed by atoms with E-state index in [0.717, 1.165) is 30.4 Å². The van der Waals surface area contributed by atoms with Crippen LogP contribution in [-0.2, 0) is 6.54 Å². The maximum Gasteiger partial charge on any atom is 0.0635 e. The molecule has 0 saturated carbocycles. The molecule has 1 aromatic carbocycles. The minimum atomic E-state index is 0.0982. The summed E-state index contributed by atoms with van der Waals surface area (Å²) in [5, 5.41) is 13.1. The average molecular weight is 341 g/mol. The Balaban J connectivity index is 2.23. The van der Waals surface area contributed by atoms with Crippen molar-refractivity contribution in [1.29, 1.82) is 0 Å². The Morgan fingerprint density at radius 2 is 2.15 bits per heavy atom. The molecule has 20 heavy (non-hydrogen) atoms. The molecule has 2 N–H and O–H groups in total. The van der Waals surface area contributed by atoms with Gasteiger partial charge < -0.3 is 15.3 Å². The van der Waals surface area contributed by atoms with Crippen LogP contribution in [0.25, 0.3) is 0 Å². The first kappa shape index (κ1) is 15.8. The van der Waals surface area contributed by atoms with Crippen molar-refractivity contribution in [2.24, 2.45) is 0 Å². The van der Waals surface area contributed by atoms with Gasteiger partial charge in [-0.15, -0.1) is 0 Å². The number of aliphatic hydroxyl groups is 1. The van der Waals surface area contributed by atoms with Crippen molar-refractivity contribution in [3.8, 4) is 0 Å². The zero-order chi connectivity index (χ0) is 14.8. The fraction of sp³-hybridized carbons (Fsp3) is 0.625. The van der Waals surface area contributed by atoms with E-state index in [2.05, 4.69) is 65.1 Å². The molecule has 1 unspecified atom stereocenters. The van der Waals surface area contributed by atoms with Gasteiger partial charge in [0.05, 0.1) is 12.6 Å². The van der Waals surface area contributed by atoms with Crippen molar-refractivity contribution >= 4 is 21.6 Å². The molecular weight excluding hydrogens is 316 g/mol. The quantitative estimate of drug-likeness (QED) is 0.882. The minimum absolute atomic E-state index is 0.0982. The molecule has 1 fully saturated rings. The molecule has 1 aliphatic heterocycles. The molecule has 0 amide bonds. The number of nitrogens with zero attached hydrogens (tertiary/aromatic N) is 1. The highest BCUT2D eigenvalue weighted by Crippen LogP contribution is 2.31. The molecule has 1 atom stereocenters. The van der Waals surface area contributed by atoms with Gasteiger partial charge in [-0.1, -0.05) is 15.9 Å². The number of hydrogen-bond donors (Lipinski definition) is 2. The molecule has 112 valence electrons. The lowest BCUT2D eigenvalue weighted by Gasteiger charge is -2.29. The van der Waals surface area contributed by atoms with Crippen LogP contribution >= 0.6 is 15.9 Å². The van der Waals surface area contributed by atoms with E-state index >= 15 is 0 Å². The van der Waals surface area contributed by atoms with Crippen LogP contribution in [0.1, 0.15) is 39.2 Å². The summed E-state index contributed by atoms with van der Waals surface area (Å²) >= 11 is 3.56. The fourth-order valence-corrected chi connectivity index (χ4v) is 3.09. The Kier molecular flexibility index (Phi) is 5.10. The number of nitrogens with one attached hydrogen (secondary N) is 1. The van der Waals surface area contributed by atoms with Gasteiger partial charge in [0.25, 0.3) is 0 Å². The molecular formula is C16H25BrN2O. The minimum Gasteiger partial charge on any atom is -0.394 e. The summed E-state index contributed by atoms with van der Waals surface area (Å²) in [4.78, 5) is 2.35. The molecule has 0 aromatic heterocycles. The van der Waals surface area contributed by atoms with Crippen molar-refractivity contribution < 1.29 is 5.11 Å². The summed E-state index contributed by atoms with van der Waals surface area (Å²) < 4.78 is 1.10. The number of anilines is 1. The molecule has 0 aliphatic carbocycles. The summed E-state index contributed by atoms with van der Waals surface area (Å²) in [7, 11) is 0. The Bertz CT molecular complexity index is 456. The largest absolute Gasteiger partial charge is 0.394 e. The second kappa shape index (κ2) is 6.46. The van der Waals surface area contributed by atoms with Gasteiger partial charge >= 0.3 is 0 Å². The molecule has 0 bridgehead atoms. The number of halogens is 1. The normalized spacial score (nSPS) is 19.6. The molecule has 3 nitrogen and oxygen atoms in total. The van der Waals surface area contributed by atoms with Crippen LogP contribution in [0.5, 0.6) is 0 Å². The van der Waals surface area contributed by atoms with Gasteiger partial charge in [-0.2, -0.15) is 0 Å². The SMILES string of the molecule is CC(C)(C)NCc1cc(Br)ccc1N1CCCC1CO. The Morgan fingerprint density at radius 3 is 2.80 bits per heavy atom. The second-order valence-corrected chi connectivity index (χ2v) is 7.46. The molecule has 0 spiro atoms. The number of aliphatic hydroxyl groups excluding tert-OH is 1. The zero-order valence-corrected chi connectivity index (χ0v) is 14.2. The Hall–Kier alpha value is -0.580. The van der Waals surface area contributed by atoms with Gasteiger partial charge in [0.2, 0.25) is 0 Å². The van der Waals surface area contributed by atoms with Crippen molar-refractivity contribution in [3.05, 3.63) is 28.2 Å². The van der Waals surface area contributed by atoms with Crippen LogP contribution in [0.15, 0.2) is 22.7 Å². The highest BCUT2D eigenvalue weighted by molar-refractivity contribution is 9.10. The zero-order valence-electron chi connectivity index (χ0n) is 12.6. The van der Waals surface area contributed by atoms with Crippen LogP contribution in [0.3, 0.4) is 0 Å². The van der Waals surface area contributed by atoms with Gasteiger partial charge in [-0.25, -0.2) is 0 Å². The lowest BCUT2D eigenvalue weighted by molar-refractivity contribution is 0.266. The number of benzene rings is 1. The van der Waals surface area contributed by atoms with E-state index in [1.165, 1.54) is 11.3 Å². The Labute approximate surface area is 130 Å². The summed E-state index contributed by atoms with van der Waals surface area (Å²) in [6.45, 7) is 8.65. The van der Waals surface area contributed by atoms with Gasteiger partial charge in [-0.3, -0.25) is 0 Å². The third kappa shape index (κ3) is 3.96. The van der Waals surface area contributed by atoms with Crippen molar-refractivity contribution in [2.75, 3.05) is 18.1 Å². The summed E-state index contributed by atoms with van der Waals surface area (Å²) in [6, 6.07) is 6.70. The molecule has 0 radical (unpaired) electrons. The van der Waals surface area contributed by atoms with Crippen LogP contribution in [0.4, 0.5) is 5.69 Å². The first-order chi connectivity index (χ1) is 9.40. The highest BCUT2D eigenvalue weighted by atomic mass is 79.9. The van der Waals surface area contributed by atoms with Crippen LogP contribution in [-0.4, -0.2) is 29.8 Å². The summed E-state index contributed by atoms with van der Waals surface area (Å²) in [6.07, 6.45) is 2.24. The van der Waals surface area contributed by atoms with Crippen molar-refractivity contribution in [1.82, 2.24) is 5.32 Å². The summed E-state index contributed by atoms with van der Waals surface area (Å²) in [5.41, 5.74) is 2.64. The topological polar surface area (TPSA) is 35.5 Å². The van der Waals surface area contributed by atoms with E-state index in [9.17, 15) is 5.11 Å². The number of rotatable bonds is 4. The first-order valence-electron chi connectivity index (χ1n) is 7.31. The smallest absolute Gasteiger partial charge is 0.0635 e. The first-order valence-corrected chi connectivity index (χ1v) is 8.11. The van der Waals surface area contributed by atoms with E-state index < -0.39 is 0 Å². The van der Waals surface area contributed by atoms with E-state index in [0.29, 0.717) is 0 Å². The van der Waals surface area contributed by atoms with E-state index in [4.69, 9.17) is 0 Å². The molecule has 1 saturated heterocycles. The molecule has 4 heteroatoms. The fourth-order valence-electron chi connectivity index (χ4n) is 2.68. The average Bonchev–Trinajstić information content (AvgIpc) is 2.83. The number of hydrogen-bond acceptors (Lipinski definition) is 3. The standard InChI is InChI=1S/C16H25BrN2O/c1-16(2,3)18-10-12-9-13(17)6-7-15(12)19-8-4-5-14(19)11-20/h6-7,9,14,18,20H,4-5,8,10-11H2,1-3H3. The summed E-state index contributed by atoms with van der Waals surface area (Å²) in [5.74, 6) is 0. The lowest BCUT2D eigenvalue weighted by Crippen LogP contribution is -2.37. The van der Waals surface area contributed by atoms with Crippen LogP contribution in [0, 0.1) is 0 Å². The molecule has 1 aliphatic rings. The van der Waals surface area contributed by atoms with Crippen LogP contribution < -0.4 is 10.2 Å². The predicted octanol–water partition coefficient (Wildman–Crippen LogP) is 3.30. The van der Waals surface area contributed by atoms with E-state index in [1.54, 1.807) is 0 Å². The monoisotopic (exact) mass is 340 g/mol. The van der Waals surface area contributed by atoms with E-state index in [1.807, 2.05) is 0 Å². The van der Waals surface area contributed by atoms with Crippen molar-refractivity contribution in [3.63, 3.8) is 0 Å². The van der Waals surface area contributed by atoms with Gasteiger partial charge in [0.15, 0.2) is 0 Å². The van der Waals surface area contributed by atoms with E-state index in [-0.39, 0.29) is 18.2 Å². The third-order valence-corrected chi connectivity index (χ3v) is 4.24. The van der Waals surface area contributed by atoms with Gasteiger partial charge in [-0.05, 0) is 57.4 Å². The predicted molar refractivity (Wildman–Crippen MR) is 88.2 cm³/mol. The maximum absolute atomic E-state index is 9.54. The second-order valence-electron chi connectivity index (χ2n) is 6.55. The molecule has 1 aromatic rings. The molecule has 1 heterocycles. The third-order valence-electron chi connectivity index (χ3n) is 3.75. The van der Waals surface area contributed by atoms with Crippen molar-refractivity contribution in [2.45, 2.75) is 51.7 Å².